The molecule has 0 heterocycles. The Morgan fingerprint density at radius 3 is 2.80 bits per heavy atom. The van der Waals surface area contributed by atoms with Crippen molar-refractivity contribution in [2.24, 2.45) is 0 Å². The number of rotatable bonds is 4. The topological polar surface area (TPSA) is 43.4 Å². The number of hydrogen-bond acceptors (Lipinski definition) is 3. The van der Waals surface area contributed by atoms with Gasteiger partial charge in [-0.25, -0.2) is 9.00 Å². The van der Waals surface area contributed by atoms with Gasteiger partial charge < -0.3 is 4.74 Å². The van der Waals surface area contributed by atoms with Crippen LogP contribution < -0.4 is 0 Å². The molecular formula is C6H9O3S. The first-order valence-corrected chi connectivity index (χ1v) is 3.79. The van der Waals surface area contributed by atoms with Gasteiger partial charge in [-0.1, -0.05) is 13.3 Å². The number of carbonyl (C=O) groups excluding carboxylic acids is 1. The third kappa shape index (κ3) is 4.26. The molecule has 0 aliphatic rings. The summed E-state index contributed by atoms with van der Waals surface area (Å²) in [5, 5.41) is 0.205. The van der Waals surface area contributed by atoms with Crippen LogP contribution in [0.15, 0.2) is 0 Å². The summed E-state index contributed by atoms with van der Waals surface area (Å²) < 4.78 is 14.4. The van der Waals surface area contributed by atoms with Crippen molar-refractivity contribution in [2.45, 2.75) is 26.2 Å². The molecular weight excluding hydrogens is 152 g/mol. The fourth-order valence-electron chi connectivity index (χ4n) is 0.477. The van der Waals surface area contributed by atoms with E-state index < -0.39 is 0 Å². The standard InChI is InChI=1S/C6H9O3S/c1-2-3-4-6(10-8)9-5-7/h2-4H2,1H3. The molecule has 10 heavy (non-hydrogen) atoms. The molecule has 0 aliphatic heterocycles. The van der Waals surface area contributed by atoms with Gasteiger partial charge in [0.25, 0.3) is 0 Å². The highest BCUT2D eigenvalue weighted by Crippen LogP contribution is 1.95. The van der Waals surface area contributed by atoms with Crippen molar-refractivity contribution in [3.8, 4) is 0 Å². The van der Waals surface area contributed by atoms with Crippen molar-refractivity contribution in [3.05, 3.63) is 0 Å². The van der Waals surface area contributed by atoms with E-state index in [1.807, 2.05) is 6.92 Å². The van der Waals surface area contributed by atoms with Crippen molar-refractivity contribution < 1.29 is 13.7 Å². The first-order valence-electron chi connectivity index (χ1n) is 3.04. The van der Waals surface area contributed by atoms with Crippen LogP contribution in [0, 0.1) is 0 Å². The maximum absolute atomic E-state index is 10.1. The Bertz CT molecular complexity index is 149. The second kappa shape index (κ2) is 6.48. The third-order valence-corrected chi connectivity index (χ3v) is 1.46. The van der Waals surface area contributed by atoms with Crippen LogP contribution in [0.4, 0.5) is 0 Å². The lowest BCUT2D eigenvalue weighted by Crippen LogP contribution is -2.01. The zero-order valence-corrected chi connectivity index (χ0v) is 6.57. The van der Waals surface area contributed by atoms with Crippen molar-refractivity contribution in [1.82, 2.24) is 0 Å². The molecule has 0 amide bonds. The van der Waals surface area contributed by atoms with Crippen LogP contribution in [0.1, 0.15) is 26.2 Å². The molecule has 0 fully saturated rings. The summed E-state index contributed by atoms with van der Waals surface area (Å²) in [6.45, 7) is 3.22. The molecule has 0 rings (SSSR count). The normalized spacial score (nSPS) is 8.50. The largest absolute Gasteiger partial charge is 0.423 e. The van der Waals surface area contributed by atoms with Crippen molar-refractivity contribution in [2.75, 3.05) is 0 Å². The van der Waals surface area contributed by atoms with Gasteiger partial charge in [0.05, 0.1) is 0 Å². The minimum absolute atomic E-state index is 0.205. The molecule has 0 spiro atoms. The van der Waals surface area contributed by atoms with E-state index in [1.165, 1.54) is 6.47 Å². The highest BCUT2D eigenvalue weighted by molar-refractivity contribution is 7.66. The van der Waals surface area contributed by atoms with E-state index in [0.717, 1.165) is 12.8 Å². The van der Waals surface area contributed by atoms with Crippen LogP contribution in [-0.2, 0) is 20.8 Å². The molecule has 0 aromatic rings. The molecule has 57 valence electrons. The maximum Gasteiger partial charge on any atom is 0.423 e. The lowest BCUT2D eigenvalue weighted by molar-refractivity contribution is 0.434. The number of ether oxygens (including phenoxy) is 1. The SMILES string of the molecule is CCCCC(O[C]=O)=S=O. The Morgan fingerprint density at radius 1 is 1.70 bits per heavy atom. The molecule has 0 N–H and O–H groups in total. The second-order valence-electron chi connectivity index (χ2n) is 1.74. The summed E-state index contributed by atoms with van der Waals surface area (Å²) in [5.74, 6) is 0. The summed E-state index contributed by atoms with van der Waals surface area (Å²) in [6.07, 6.45) is 2.39. The predicted octanol–water partition coefficient (Wildman–Crippen LogP) is 0.603. The van der Waals surface area contributed by atoms with Crippen LogP contribution in [-0.4, -0.2) is 15.7 Å². The van der Waals surface area contributed by atoms with Gasteiger partial charge >= 0.3 is 6.47 Å². The third-order valence-electron chi connectivity index (χ3n) is 0.983. The minimum Gasteiger partial charge on any atom is -0.408 e. The number of hydrogen-bond donors (Lipinski definition) is 0. The Kier molecular flexibility index (Phi) is 6.06. The highest BCUT2D eigenvalue weighted by Gasteiger charge is 1.97. The van der Waals surface area contributed by atoms with Crippen molar-refractivity contribution in [1.29, 1.82) is 0 Å². The highest BCUT2D eigenvalue weighted by atomic mass is 32.1. The molecule has 0 atom stereocenters. The molecule has 0 bridgehead atoms. The van der Waals surface area contributed by atoms with Crippen LogP contribution in [0.5, 0.6) is 0 Å². The molecule has 0 aromatic heterocycles. The summed E-state index contributed by atoms with van der Waals surface area (Å²) in [6, 6.07) is 0. The van der Waals surface area contributed by atoms with Crippen LogP contribution in [0.25, 0.3) is 0 Å². The van der Waals surface area contributed by atoms with E-state index in [2.05, 4.69) is 4.74 Å². The fraction of sp³-hybridized carbons (Fsp3) is 0.667. The summed E-state index contributed by atoms with van der Waals surface area (Å²) in [4.78, 5) is 9.62. The lowest BCUT2D eigenvalue weighted by Gasteiger charge is -1.94. The van der Waals surface area contributed by atoms with Gasteiger partial charge in [0.15, 0.2) is 0 Å². The predicted molar refractivity (Wildman–Crippen MR) is 39.5 cm³/mol. The first-order chi connectivity index (χ1) is 4.85. The van der Waals surface area contributed by atoms with Crippen LogP contribution in [0.3, 0.4) is 0 Å². The average molecular weight is 161 g/mol. The molecule has 1 radical (unpaired) electrons. The molecule has 0 saturated heterocycles. The Labute approximate surface area is 63.4 Å². The molecule has 0 aromatic carbocycles. The quantitative estimate of drug-likeness (QED) is 0.567. The van der Waals surface area contributed by atoms with Crippen LogP contribution >= 0.6 is 0 Å². The van der Waals surface area contributed by atoms with Gasteiger partial charge in [-0.05, 0) is 6.42 Å². The molecule has 4 heteroatoms. The maximum atomic E-state index is 10.1. The van der Waals surface area contributed by atoms with Gasteiger partial charge in [-0.2, -0.15) is 0 Å². The van der Waals surface area contributed by atoms with Crippen molar-refractivity contribution >= 4 is 22.8 Å². The van der Waals surface area contributed by atoms with E-state index in [4.69, 9.17) is 0 Å². The monoisotopic (exact) mass is 161 g/mol. The summed E-state index contributed by atoms with van der Waals surface area (Å²) in [7, 11) is 0. The number of unbranched alkanes of at least 4 members (excludes halogenated alkanes) is 1. The molecule has 0 saturated carbocycles. The first kappa shape index (κ1) is 9.36. The Balaban J connectivity index is 3.62. The van der Waals surface area contributed by atoms with Crippen molar-refractivity contribution in [3.63, 3.8) is 0 Å². The summed E-state index contributed by atoms with van der Waals surface area (Å²) >= 11 is 0.216. The van der Waals surface area contributed by atoms with E-state index in [-0.39, 0.29) is 16.3 Å². The zero-order chi connectivity index (χ0) is 7.82. The van der Waals surface area contributed by atoms with Gasteiger partial charge in [-0.15, -0.1) is 0 Å². The van der Waals surface area contributed by atoms with Gasteiger partial charge in [-0.3, -0.25) is 0 Å². The fourth-order valence-corrected chi connectivity index (χ4v) is 0.773. The molecule has 0 unspecified atom stereocenters. The van der Waals surface area contributed by atoms with Crippen LogP contribution in [0.2, 0.25) is 0 Å². The van der Waals surface area contributed by atoms with Gasteiger partial charge in [0, 0.05) is 6.42 Å². The van der Waals surface area contributed by atoms with E-state index in [0.29, 0.717) is 6.42 Å². The zero-order valence-electron chi connectivity index (χ0n) is 5.75. The van der Waals surface area contributed by atoms with E-state index >= 15 is 0 Å². The Morgan fingerprint density at radius 2 is 2.40 bits per heavy atom. The van der Waals surface area contributed by atoms with Gasteiger partial charge in [0.2, 0.25) is 5.05 Å². The Hall–Kier alpha value is -0.640. The smallest absolute Gasteiger partial charge is 0.408 e. The summed E-state index contributed by atoms with van der Waals surface area (Å²) in [5.41, 5.74) is 0. The lowest BCUT2D eigenvalue weighted by atomic mass is 10.3. The minimum atomic E-state index is 0.205. The van der Waals surface area contributed by atoms with E-state index in [9.17, 15) is 9.00 Å². The molecule has 0 aliphatic carbocycles. The van der Waals surface area contributed by atoms with E-state index in [1.54, 1.807) is 0 Å². The molecule has 3 nitrogen and oxygen atoms in total. The average Bonchev–Trinajstić information content (AvgIpc) is 1.98. The second-order valence-corrected chi connectivity index (χ2v) is 2.37. The van der Waals surface area contributed by atoms with Gasteiger partial charge in [0.1, 0.15) is 11.3 Å².